The molecule has 0 radical (unpaired) electrons. The number of benzene rings is 1. The van der Waals surface area contributed by atoms with E-state index in [1.165, 1.54) is 26.0 Å². The van der Waals surface area contributed by atoms with Crippen LogP contribution in [0.25, 0.3) is 0 Å². The van der Waals surface area contributed by atoms with Crippen LogP contribution in [0.2, 0.25) is 0 Å². The number of alkyl halides is 1. The van der Waals surface area contributed by atoms with Gasteiger partial charge in [-0.05, 0) is 46.8 Å². The molecule has 2 heterocycles. The molecule has 2 unspecified atom stereocenters. The second kappa shape index (κ2) is 11.5. The molecule has 210 valence electrons. The Labute approximate surface area is 216 Å². The fourth-order valence-electron chi connectivity index (χ4n) is 3.76. The predicted molar refractivity (Wildman–Crippen MR) is 130 cm³/mol. The summed E-state index contributed by atoms with van der Waals surface area (Å²) < 4.78 is 65.5. The van der Waals surface area contributed by atoms with Crippen molar-refractivity contribution in [3.05, 3.63) is 63.2 Å². The molecule has 12 nitrogen and oxygen atoms in total. The summed E-state index contributed by atoms with van der Waals surface area (Å²) in [6.45, 7) is 6.83. The molecule has 1 aromatic heterocycles. The number of halogens is 2. The molecule has 2 aromatic rings. The van der Waals surface area contributed by atoms with Crippen molar-refractivity contribution in [2.75, 3.05) is 0 Å². The highest BCUT2D eigenvalue weighted by molar-refractivity contribution is 7.52. The molecule has 3 N–H and O–H groups in total. The Morgan fingerprint density at radius 1 is 1.24 bits per heavy atom. The summed E-state index contributed by atoms with van der Waals surface area (Å²) in [5.74, 6) is -2.02. The van der Waals surface area contributed by atoms with Crippen molar-refractivity contribution in [3.63, 3.8) is 0 Å². The van der Waals surface area contributed by atoms with Crippen LogP contribution in [0.4, 0.5) is 8.78 Å². The summed E-state index contributed by atoms with van der Waals surface area (Å²) in [4.78, 5) is 37.6. The minimum atomic E-state index is -4.43. The molecule has 1 saturated heterocycles. The first-order valence-electron chi connectivity index (χ1n) is 11.7. The molecule has 0 spiro atoms. The van der Waals surface area contributed by atoms with Crippen molar-refractivity contribution in [1.29, 1.82) is 0 Å². The normalized spacial score (nSPS) is 26.5. The van der Waals surface area contributed by atoms with E-state index in [1.807, 2.05) is 0 Å². The maximum absolute atomic E-state index is 15.6. The fraction of sp³-hybridized carbons (Fsp3) is 0.522. The van der Waals surface area contributed by atoms with Crippen LogP contribution in [-0.4, -0.2) is 56.8 Å². The van der Waals surface area contributed by atoms with Crippen LogP contribution in [0.3, 0.4) is 0 Å². The van der Waals surface area contributed by atoms with Gasteiger partial charge in [-0.2, -0.15) is 9.48 Å². The van der Waals surface area contributed by atoms with Crippen LogP contribution < -0.4 is 20.9 Å². The van der Waals surface area contributed by atoms with Crippen LogP contribution in [0, 0.1) is 5.82 Å². The second-order valence-electron chi connectivity index (χ2n) is 9.24. The molecule has 0 saturated carbocycles. The third kappa shape index (κ3) is 6.56. The van der Waals surface area contributed by atoms with Crippen molar-refractivity contribution >= 4 is 13.7 Å². The number of carbonyl (C=O) groups excluding carboxylic acids is 1. The van der Waals surface area contributed by atoms with Gasteiger partial charge in [-0.25, -0.2) is 13.8 Å². The van der Waals surface area contributed by atoms with Gasteiger partial charge in [0, 0.05) is 0 Å². The van der Waals surface area contributed by atoms with E-state index in [0.717, 1.165) is 6.92 Å². The van der Waals surface area contributed by atoms with E-state index in [0.29, 0.717) is 10.8 Å². The number of aliphatic hydroxyl groups is 1. The first-order valence-corrected chi connectivity index (χ1v) is 13.2. The Balaban J connectivity index is 1.88. The molecule has 1 aromatic carbocycles. The number of para-hydroxylation sites is 1. The molecule has 1 aliphatic heterocycles. The van der Waals surface area contributed by atoms with Crippen molar-refractivity contribution in [1.82, 2.24) is 14.6 Å². The molecule has 1 aliphatic rings. The minimum absolute atomic E-state index is 0.108. The number of esters is 1. The minimum Gasteiger partial charge on any atom is -0.462 e. The summed E-state index contributed by atoms with van der Waals surface area (Å²) in [6.07, 6.45) is -6.76. The first-order chi connectivity index (χ1) is 17.6. The van der Waals surface area contributed by atoms with Crippen molar-refractivity contribution in [3.8, 4) is 5.75 Å². The van der Waals surface area contributed by atoms with Crippen molar-refractivity contribution in [2.24, 2.45) is 0 Å². The Bertz CT molecular complexity index is 1300. The van der Waals surface area contributed by atoms with Crippen LogP contribution in [-0.2, 0) is 23.4 Å². The second-order valence-corrected chi connectivity index (χ2v) is 10.9. The van der Waals surface area contributed by atoms with E-state index in [2.05, 4.69) is 5.09 Å². The number of aliphatic hydroxyl groups excluding tert-OH is 1. The Morgan fingerprint density at radius 3 is 2.47 bits per heavy atom. The quantitative estimate of drug-likeness (QED) is 0.290. The molecule has 0 aliphatic carbocycles. The zero-order valence-electron chi connectivity index (χ0n) is 21.3. The molecule has 0 amide bonds. The molecular weight excluding hydrogens is 531 g/mol. The van der Waals surface area contributed by atoms with Gasteiger partial charge in [0.05, 0.1) is 18.4 Å². The number of ether oxygens (including phenoxy) is 2. The highest BCUT2D eigenvalue weighted by atomic mass is 31.2. The van der Waals surface area contributed by atoms with E-state index >= 15 is 4.39 Å². The zero-order valence-corrected chi connectivity index (χ0v) is 22.2. The zero-order chi connectivity index (χ0) is 28.4. The molecule has 15 heteroatoms. The maximum Gasteiger partial charge on any atom is 0.459 e. The lowest BCUT2D eigenvalue weighted by Crippen LogP contribution is -2.45. The lowest BCUT2D eigenvalue weighted by Gasteiger charge is -2.29. The van der Waals surface area contributed by atoms with Gasteiger partial charge < -0.3 is 19.1 Å². The topological polar surface area (TPSA) is 158 Å². The van der Waals surface area contributed by atoms with Gasteiger partial charge in [0.2, 0.25) is 5.82 Å². The van der Waals surface area contributed by atoms with Gasteiger partial charge in [0.15, 0.2) is 11.9 Å². The molecule has 1 fully saturated rings. The van der Waals surface area contributed by atoms with Crippen LogP contribution >= 0.6 is 7.75 Å². The number of carbonyl (C=O) groups is 1. The van der Waals surface area contributed by atoms with E-state index in [4.69, 9.17) is 18.5 Å². The smallest absolute Gasteiger partial charge is 0.459 e. The Kier molecular flexibility index (Phi) is 8.94. The highest BCUT2D eigenvalue weighted by Gasteiger charge is 2.58. The maximum atomic E-state index is 15.6. The van der Waals surface area contributed by atoms with Gasteiger partial charge in [-0.3, -0.25) is 23.7 Å². The van der Waals surface area contributed by atoms with Gasteiger partial charge in [0.1, 0.15) is 24.0 Å². The van der Waals surface area contributed by atoms with Gasteiger partial charge >= 0.3 is 19.4 Å². The first kappa shape index (κ1) is 29.7. The SMILES string of the molecule is CC(C)OC(=O)[C@H](C)NP(=O)(Oc1ccccc1)O[C@H](C)[C@H]1O[C@@H](n2cc(F)c(=O)[nH]c2=O)[C@](C)(F)C1O. The summed E-state index contributed by atoms with van der Waals surface area (Å²) in [6, 6.07) is 6.67. The average molecular weight is 561 g/mol. The molecular formula is C23H30F2N3O9P. The number of aromatic amines is 1. The van der Waals surface area contributed by atoms with Crippen LogP contribution in [0.1, 0.15) is 40.8 Å². The monoisotopic (exact) mass is 561 g/mol. The highest BCUT2D eigenvalue weighted by Crippen LogP contribution is 2.49. The number of nitrogens with zero attached hydrogens (tertiary/aromatic N) is 1. The van der Waals surface area contributed by atoms with E-state index in [1.54, 1.807) is 37.0 Å². The van der Waals surface area contributed by atoms with E-state index in [-0.39, 0.29) is 5.75 Å². The summed E-state index contributed by atoms with van der Waals surface area (Å²) >= 11 is 0. The summed E-state index contributed by atoms with van der Waals surface area (Å²) in [7, 11) is -4.43. The fourth-order valence-corrected chi connectivity index (χ4v) is 5.46. The number of hydrogen-bond donors (Lipinski definition) is 3. The Hall–Kier alpha value is -2.90. The number of hydrogen-bond acceptors (Lipinski definition) is 9. The molecule has 7 atom stereocenters. The van der Waals surface area contributed by atoms with Crippen LogP contribution in [0.15, 0.2) is 46.1 Å². The number of aromatic nitrogens is 2. The lowest BCUT2D eigenvalue weighted by molar-refractivity contribution is -0.149. The summed E-state index contributed by atoms with van der Waals surface area (Å²) in [5.41, 5.74) is -5.17. The molecule has 0 bridgehead atoms. The van der Waals surface area contributed by atoms with Crippen LogP contribution in [0.5, 0.6) is 5.75 Å². The van der Waals surface area contributed by atoms with Crippen molar-refractivity contribution < 1.29 is 41.8 Å². The standard InChI is InChI=1S/C23H30F2N3O9P/c1-12(2)34-20(31)13(3)27-38(33,37-15-9-7-6-8-10-15)36-14(4)17-18(29)23(5,25)21(35-17)28-11-16(24)19(30)26-22(28)32/h6-14,17-18,21,29H,1-5H3,(H,27,33)(H,26,30,32)/t13-,14+,17+,18?,21+,23+,38?/m0/s1. The number of nitrogens with one attached hydrogen (secondary N) is 2. The third-order valence-electron chi connectivity index (χ3n) is 5.63. The van der Waals surface area contributed by atoms with Gasteiger partial charge in [-0.15, -0.1) is 0 Å². The van der Waals surface area contributed by atoms with E-state index < -0.39 is 73.1 Å². The summed E-state index contributed by atoms with van der Waals surface area (Å²) in [5, 5.41) is 13.2. The number of H-pyrrole nitrogens is 1. The molecule has 38 heavy (non-hydrogen) atoms. The van der Waals surface area contributed by atoms with Gasteiger partial charge in [0.25, 0.3) is 5.56 Å². The third-order valence-corrected chi connectivity index (χ3v) is 7.39. The Morgan fingerprint density at radius 2 is 1.87 bits per heavy atom. The van der Waals surface area contributed by atoms with E-state index in [9.17, 15) is 28.4 Å². The molecule has 3 rings (SSSR count). The number of rotatable bonds is 10. The van der Waals surface area contributed by atoms with Crippen molar-refractivity contribution in [2.45, 2.75) is 77.0 Å². The van der Waals surface area contributed by atoms with Gasteiger partial charge in [-0.1, -0.05) is 18.2 Å². The average Bonchev–Trinajstić information content (AvgIpc) is 3.05. The largest absolute Gasteiger partial charge is 0.462 e. The predicted octanol–water partition coefficient (Wildman–Crippen LogP) is 2.18. The lowest BCUT2D eigenvalue weighted by atomic mass is 9.96.